The van der Waals surface area contributed by atoms with E-state index in [-0.39, 0.29) is 0 Å². The van der Waals surface area contributed by atoms with Gasteiger partial charge in [0.2, 0.25) is 0 Å². The molecule has 1 aliphatic carbocycles. The number of hydrogen-bond donors (Lipinski definition) is 0. The van der Waals surface area contributed by atoms with Gasteiger partial charge in [0, 0.05) is 25.3 Å². The van der Waals surface area contributed by atoms with Crippen molar-refractivity contribution in [1.29, 1.82) is 0 Å². The standard InChI is InChI=1S/C17H29N3O/c1-12-9-20(18-15(12)4)17-7-5-16(6-8-17)19-10-13(2)21-14(3)11-19/h9,13-14,16-17H,5-8,10-11H2,1-4H3/t13-,14+,16?,17?. The zero-order valence-electron chi connectivity index (χ0n) is 13.9. The van der Waals surface area contributed by atoms with Crippen molar-refractivity contribution in [1.82, 2.24) is 14.7 Å². The summed E-state index contributed by atoms with van der Waals surface area (Å²) in [5.74, 6) is 0. The van der Waals surface area contributed by atoms with Crippen LogP contribution >= 0.6 is 0 Å². The third-order valence-electron chi connectivity index (χ3n) is 5.17. The van der Waals surface area contributed by atoms with Crippen molar-refractivity contribution in [2.45, 2.75) is 77.7 Å². The lowest BCUT2D eigenvalue weighted by atomic mass is 9.89. The molecule has 118 valence electrons. The highest BCUT2D eigenvalue weighted by Crippen LogP contribution is 2.32. The highest BCUT2D eigenvalue weighted by molar-refractivity contribution is 5.13. The maximum Gasteiger partial charge on any atom is 0.0678 e. The quantitative estimate of drug-likeness (QED) is 0.839. The fraction of sp³-hybridized carbons (Fsp3) is 0.824. The minimum Gasteiger partial charge on any atom is -0.373 e. The Kier molecular flexibility index (Phi) is 4.36. The lowest BCUT2D eigenvalue weighted by Crippen LogP contribution is -2.51. The topological polar surface area (TPSA) is 30.3 Å². The predicted octanol–water partition coefficient (Wildman–Crippen LogP) is 3.09. The van der Waals surface area contributed by atoms with Crippen LogP contribution in [0.25, 0.3) is 0 Å². The second kappa shape index (κ2) is 6.09. The van der Waals surface area contributed by atoms with Gasteiger partial charge in [-0.1, -0.05) is 0 Å². The molecule has 2 fully saturated rings. The van der Waals surface area contributed by atoms with Gasteiger partial charge >= 0.3 is 0 Å². The van der Waals surface area contributed by atoms with Crippen molar-refractivity contribution in [2.24, 2.45) is 0 Å². The van der Waals surface area contributed by atoms with E-state index in [4.69, 9.17) is 4.74 Å². The van der Waals surface area contributed by atoms with E-state index in [9.17, 15) is 0 Å². The molecule has 1 aliphatic heterocycles. The normalized spacial score (nSPS) is 35.0. The zero-order chi connectivity index (χ0) is 15.0. The van der Waals surface area contributed by atoms with Crippen LogP contribution < -0.4 is 0 Å². The molecule has 0 radical (unpaired) electrons. The molecule has 1 aromatic rings. The first-order chi connectivity index (χ1) is 10.0. The average Bonchev–Trinajstić information content (AvgIpc) is 2.78. The molecular weight excluding hydrogens is 262 g/mol. The van der Waals surface area contributed by atoms with E-state index in [1.165, 1.54) is 36.9 Å². The minimum atomic E-state index is 0.378. The Hall–Kier alpha value is -0.870. The summed E-state index contributed by atoms with van der Waals surface area (Å²) in [6, 6.07) is 1.34. The van der Waals surface area contributed by atoms with E-state index < -0.39 is 0 Å². The van der Waals surface area contributed by atoms with Crippen LogP contribution in [0.4, 0.5) is 0 Å². The molecule has 2 aliphatic rings. The second-order valence-electron chi connectivity index (χ2n) is 7.05. The van der Waals surface area contributed by atoms with Gasteiger partial charge in [0.1, 0.15) is 0 Å². The Morgan fingerprint density at radius 3 is 2.10 bits per heavy atom. The van der Waals surface area contributed by atoms with E-state index in [0.717, 1.165) is 19.1 Å². The zero-order valence-corrected chi connectivity index (χ0v) is 13.9. The van der Waals surface area contributed by atoms with Crippen LogP contribution in [0, 0.1) is 13.8 Å². The fourth-order valence-electron chi connectivity index (χ4n) is 3.96. The molecule has 2 heterocycles. The van der Waals surface area contributed by atoms with E-state index in [1.54, 1.807) is 0 Å². The molecule has 4 nitrogen and oxygen atoms in total. The largest absolute Gasteiger partial charge is 0.373 e. The van der Waals surface area contributed by atoms with Crippen LogP contribution in [-0.4, -0.2) is 46.0 Å². The van der Waals surface area contributed by atoms with Gasteiger partial charge < -0.3 is 4.74 Å². The predicted molar refractivity (Wildman–Crippen MR) is 84.6 cm³/mol. The maximum absolute atomic E-state index is 5.86. The molecule has 0 bridgehead atoms. The summed E-state index contributed by atoms with van der Waals surface area (Å²) >= 11 is 0. The summed E-state index contributed by atoms with van der Waals surface area (Å²) in [5.41, 5.74) is 2.49. The van der Waals surface area contributed by atoms with Crippen LogP contribution in [0.3, 0.4) is 0 Å². The molecule has 21 heavy (non-hydrogen) atoms. The Morgan fingerprint density at radius 1 is 1.00 bits per heavy atom. The molecule has 3 rings (SSSR count). The Balaban J connectivity index is 1.57. The van der Waals surface area contributed by atoms with Crippen molar-refractivity contribution in [2.75, 3.05) is 13.1 Å². The van der Waals surface area contributed by atoms with Crippen LogP contribution in [-0.2, 0) is 4.74 Å². The number of nitrogens with zero attached hydrogens (tertiary/aromatic N) is 3. The van der Waals surface area contributed by atoms with Gasteiger partial charge in [-0.15, -0.1) is 0 Å². The monoisotopic (exact) mass is 291 g/mol. The summed E-state index contributed by atoms with van der Waals surface area (Å²) in [7, 11) is 0. The number of hydrogen-bond acceptors (Lipinski definition) is 3. The van der Waals surface area contributed by atoms with Crippen molar-refractivity contribution in [3.63, 3.8) is 0 Å². The van der Waals surface area contributed by atoms with Gasteiger partial charge in [-0.2, -0.15) is 5.10 Å². The van der Waals surface area contributed by atoms with E-state index in [0.29, 0.717) is 18.2 Å². The molecule has 2 atom stereocenters. The molecule has 0 aromatic carbocycles. The SMILES string of the molecule is Cc1cn(C2CCC(N3C[C@@H](C)O[C@@H](C)C3)CC2)nc1C. The van der Waals surface area contributed by atoms with Crippen molar-refractivity contribution < 1.29 is 4.74 Å². The number of ether oxygens (including phenoxy) is 1. The van der Waals surface area contributed by atoms with E-state index >= 15 is 0 Å². The number of aryl methyl sites for hydroxylation is 2. The van der Waals surface area contributed by atoms with Crippen molar-refractivity contribution in [3.8, 4) is 0 Å². The van der Waals surface area contributed by atoms with E-state index in [1.807, 2.05) is 0 Å². The third kappa shape index (κ3) is 3.32. The highest BCUT2D eigenvalue weighted by atomic mass is 16.5. The fourth-order valence-corrected chi connectivity index (χ4v) is 3.96. The summed E-state index contributed by atoms with van der Waals surface area (Å²) in [6.45, 7) is 10.8. The van der Waals surface area contributed by atoms with Gasteiger partial charge in [0.05, 0.1) is 23.9 Å². The first-order valence-electron chi connectivity index (χ1n) is 8.44. The molecule has 0 N–H and O–H groups in total. The number of rotatable bonds is 2. The van der Waals surface area contributed by atoms with E-state index in [2.05, 4.69) is 48.6 Å². The van der Waals surface area contributed by atoms with Gasteiger partial charge in [0.15, 0.2) is 0 Å². The summed E-state index contributed by atoms with van der Waals surface area (Å²) < 4.78 is 8.07. The van der Waals surface area contributed by atoms with Gasteiger partial charge in [-0.05, 0) is 58.9 Å². The average molecular weight is 291 g/mol. The van der Waals surface area contributed by atoms with Crippen molar-refractivity contribution in [3.05, 3.63) is 17.5 Å². The number of aromatic nitrogens is 2. The summed E-state index contributed by atoms with van der Waals surface area (Å²) in [5, 5.41) is 4.68. The molecular formula is C17H29N3O. The third-order valence-corrected chi connectivity index (χ3v) is 5.17. The van der Waals surface area contributed by atoms with Crippen LogP contribution in [0.2, 0.25) is 0 Å². The van der Waals surface area contributed by atoms with Crippen LogP contribution in [0.15, 0.2) is 6.20 Å². The van der Waals surface area contributed by atoms with Gasteiger partial charge in [-0.25, -0.2) is 0 Å². The molecule has 1 saturated carbocycles. The first-order valence-corrected chi connectivity index (χ1v) is 8.44. The molecule has 0 amide bonds. The van der Waals surface area contributed by atoms with Gasteiger partial charge in [0.25, 0.3) is 0 Å². The molecule has 4 heteroatoms. The van der Waals surface area contributed by atoms with Crippen LogP contribution in [0.5, 0.6) is 0 Å². The maximum atomic E-state index is 5.86. The minimum absolute atomic E-state index is 0.378. The number of morpholine rings is 1. The molecule has 1 saturated heterocycles. The van der Waals surface area contributed by atoms with Crippen LogP contribution in [0.1, 0.15) is 56.8 Å². The summed E-state index contributed by atoms with van der Waals surface area (Å²) in [6.07, 6.45) is 8.07. The second-order valence-corrected chi connectivity index (χ2v) is 7.05. The Labute approximate surface area is 128 Å². The first kappa shape index (κ1) is 15.0. The highest BCUT2D eigenvalue weighted by Gasteiger charge is 2.31. The van der Waals surface area contributed by atoms with Gasteiger partial charge in [-0.3, -0.25) is 9.58 Å². The Morgan fingerprint density at radius 2 is 1.57 bits per heavy atom. The molecule has 0 spiro atoms. The van der Waals surface area contributed by atoms with Crippen molar-refractivity contribution >= 4 is 0 Å². The molecule has 1 aromatic heterocycles. The summed E-state index contributed by atoms with van der Waals surface area (Å²) in [4.78, 5) is 2.66. The lowest BCUT2D eigenvalue weighted by molar-refractivity contribution is -0.0852. The Bertz CT molecular complexity index is 447. The molecule has 0 unspecified atom stereocenters. The lowest BCUT2D eigenvalue weighted by Gasteiger charge is -2.42. The smallest absolute Gasteiger partial charge is 0.0678 e.